The van der Waals surface area contributed by atoms with E-state index < -0.39 is 0 Å². The molecule has 3 nitrogen and oxygen atoms in total. The highest BCUT2D eigenvalue weighted by molar-refractivity contribution is 5.85. The molecule has 1 unspecified atom stereocenters. The number of hydrogen-bond donors (Lipinski definition) is 2. The van der Waals surface area contributed by atoms with Crippen LogP contribution in [0.5, 0.6) is 5.75 Å². The van der Waals surface area contributed by atoms with Crippen LogP contribution in [0.2, 0.25) is 0 Å². The lowest BCUT2D eigenvalue weighted by Gasteiger charge is -2.13. The molecule has 1 fully saturated rings. The van der Waals surface area contributed by atoms with Gasteiger partial charge in [0.15, 0.2) is 0 Å². The van der Waals surface area contributed by atoms with Crippen molar-refractivity contribution < 1.29 is 9.84 Å². The summed E-state index contributed by atoms with van der Waals surface area (Å²) in [6.07, 6.45) is 4.66. The predicted octanol–water partition coefficient (Wildman–Crippen LogP) is 3.38. The van der Waals surface area contributed by atoms with Crippen LogP contribution in [0, 0.1) is 0 Å². The van der Waals surface area contributed by atoms with Gasteiger partial charge in [-0.2, -0.15) is 0 Å². The minimum atomic E-state index is -0.248. The van der Waals surface area contributed by atoms with E-state index in [2.05, 4.69) is 29.6 Å². The summed E-state index contributed by atoms with van der Waals surface area (Å²) < 4.78 is 5.93. The van der Waals surface area contributed by atoms with Gasteiger partial charge >= 0.3 is 0 Å². The smallest absolute Gasteiger partial charge is 0.126 e. The van der Waals surface area contributed by atoms with Crippen LogP contribution in [0.3, 0.4) is 0 Å². The Kier molecular flexibility index (Phi) is 6.66. The maximum absolute atomic E-state index is 9.53. The Balaban J connectivity index is 0.00000192. The number of rotatable bonds is 5. The summed E-state index contributed by atoms with van der Waals surface area (Å²) in [5.74, 6) is 0.873. The zero-order valence-electron chi connectivity index (χ0n) is 12.9. The summed E-state index contributed by atoms with van der Waals surface area (Å²) in [6.45, 7) is 1.23. The molecule has 122 valence electrons. The maximum Gasteiger partial charge on any atom is 0.126 e. The Labute approximate surface area is 143 Å². The second-order valence-electron chi connectivity index (χ2n) is 5.59. The second-order valence-corrected chi connectivity index (χ2v) is 5.59. The lowest BCUT2D eigenvalue weighted by molar-refractivity contribution is 0.187. The van der Waals surface area contributed by atoms with Crippen LogP contribution < -0.4 is 10.1 Å². The number of para-hydroxylation sites is 1. The van der Waals surface area contributed by atoms with E-state index in [1.54, 1.807) is 0 Å². The molecular formula is C19H22ClNO2. The summed E-state index contributed by atoms with van der Waals surface area (Å²) in [5.41, 5.74) is 2.22. The van der Waals surface area contributed by atoms with Gasteiger partial charge in [-0.1, -0.05) is 60.7 Å². The topological polar surface area (TPSA) is 41.5 Å². The van der Waals surface area contributed by atoms with Gasteiger partial charge in [0.2, 0.25) is 0 Å². The van der Waals surface area contributed by atoms with E-state index in [4.69, 9.17) is 4.74 Å². The highest BCUT2D eigenvalue weighted by Crippen LogP contribution is 2.21. The number of nitrogens with one attached hydrogen (secondary N) is 1. The molecule has 2 aromatic carbocycles. The predicted molar refractivity (Wildman–Crippen MR) is 97.0 cm³/mol. The van der Waals surface area contributed by atoms with Gasteiger partial charge in [0.25, 0.3) is 0 Å². The third-order valence-corrected chi connectivity index (χ3v) is 3.81. The van der Waals surface area contributed by atoms with E-state index in [0.717, 1.165) is 23.3 Å². The van der Waals surface area contributed by atoms with Crippen LogP contribution in [0.4, 0.5) is 0 Å². The number of hydrogen-bond acceptors (Lipinski definition) is 3. The number of ether oxygens (including phenoxy) is 1. The number of β-amino-alcohol motifs (C(OH)–C–C–N with tert-alkyl or cyclic N) is 1. The highest BCUT2D eigenvalue weighted by atomic mass is 35.5. The fraction of sp³-hybridized carbons (Fsp3) is 0.263. The molecule has 0 aromatic heterocycles. The van der Waals surface area contributed by atoms with Crippen molar-refractivity contribution in [2.75, 3.05) is 13.2 Å². The minimum Gasteiger partial charge on any atom is -0.491 e. The van der Waals surface area contributed by atoms with E-state index in [-0.39, 0.29) is 24.6 Å². The minimum absolute atomic E-state index is 0. The van der Waals surface area contributed by atoms with Crippen molar-refractivity contribution in [2.45, 2.75) is 18.6 Å². The third kappa shape index (κ3) is 5.10. The average molecular weight is 332 g/mol. The van der Waals surface area contributed by atoms with Crippen molar-refractivity contribution in [1.82, 2.24) is 5.32 Å². The average Bonchev–Trinajstić information content (AvgIpc) is 2.98. The van der Waals surface area contributed by atoms with Crippen molar-refractivity contribution in [3.05, 3.63) is 65.7 Å². The first-order chi connectivity index (χ1) is 10.8. The highest BCUT2D eigenvalue weighted by Gasteiger charge is 2.22. The fourth-order valence-electron chi connectivity index (χ4n) is 2.61. The molecule has 1 aliphatic rings. The zero-order chi connectivity index (χ0) is 15.2. The van der Waals surface area contributed by atoms with Crippen LogP contribution >= 0.6 is 12.4 Å². The van der Waals surface area contributed by atoms with Crippen LogP contribution in [0.25, 0.3) is 12.2 Å². The van der Waals surface area contributed by atoms with Crippen molar-refractivity contribution in [2.24, 2.45) is 0 Å². The molecule has 3 rings (SSSR count). The fourth-order valence-corrected chi connectivity index (χ4v) is 2.61. The second kappa shape index (κ2) is 8.73. The molecule has 0 radical (unpaired) electrons. The summed E-state index contributed by atoms with van der Waals surface area (Å²) in [6, 6.07) is 18.5. The number of aliphatic hydroxyl groups is 1. The van der Waals surface area contributed by atoms with Gasteiger partial charge < -0.3 is 15.2 Å². The number of aliphatic hydroxyl groups excluding tert-OH is 1. The first kappa shape index (κ1) is 17.5. The SMILES string of the molecule is Cl.O[C@H]1CNC(COc2ccccc2C=Cc2ccccc2)C1. The third-order valence-electron chi connectivity index (χ3n) is 3.81. The largest absolute Gasteiger partial charge is 0.491 e. The van der Waals surface area contributed by atoms with Gasteiger partial charge in [-0.15, -0.1) is 12.4 Å². The Bertz CT molecular complexity index is 630. The Hall–Kier alpha value is -1.81. The quantitative estimate of drug-likeness (QED) is 0.825. The molecule has 0 bridgehead atoms. The molecule has 0 spiro atoms. The van der Waals surface area contributed by atoms with Crippen molar-refractivity contribution in [3.8, 4) is 5.75 Å². The summed E-state index contributed by atoms with van der Waals surface area (Å²) in [7, 11) is 0. The Morgan fingerprint density at radius 2 is 1.78 bits per heavy atom. The van der Waals surface area contributed by atoms with Gasteiger partial charge in [0.1, 0.15) is 12.4 Å². The van der Waals surface area contributed by atoms with Crippen LogP contribution in [0.15, 0.2) is 54.6 Å². The monoisotopic (exact) mass is 331 g/mol. The molecule has 0 amide bonds. The molecular weight excluding hydrogens is 310 g/mol. The molecule has 1 saturated heterocycles. The maximum atomic E-state index is 9.53. The van der Waals surface area contributed by atoms with Gasteiger partial charge in [0, 0.05) is 18.2 Å². The summed E-state index contributed by atoms with van der Waals surface area (Å²) in [4.78, 5) is 0. The van der Waals surface area contributed by atoms with Crippen molar-refractivity contribution >= 4 is 24.6 Å². The molecule has 4 heteroatoms. The lowest BCUT2D eigenvalue weighted by atomic mass is 10.1. The van der Waals surface area contributed by atoms with Crippen molar-refractivity contribution in [3.63, 3.8) is 0 Å². The van der Waals surface area contributed by atoms with Gasteiger partial charge in [-0.25, -0.2) is 0 Å². The van der Waals surface area contributed by atoms with E-state index in [0.29, 0.717) is 13.2 Å². The summed E-state index contributed by atoms with van der Waals surface area (Å²) in [5, 5.41) is 12.8. The van der Waals surface area contributed by atoms with Gasteiger partial charge in [-0.05, 0) is 18.1 Å². The number of benzene rings is 2. The van der Waals surface area contributed by atoms with E-state index in [9.17, 15) is 5.11 Å². The number of halogens is 1. The van der Waals surface area contributed by atoms with Crippen molar-refractivity contribution in [1.29, 1.82) is 0 Å². The molecule has 2 atom stereocenters. The molecule has 1 heterocycles. The van der Waals surface area contributed by atoms with E-state index in [1.165, 1.54) is 0 Å². The summed E-state index contributed by atoms with van der Waals surface area (Å²) >= 11 is 0. The van der Waals surface area contributed by atoms with Crippen LogP contribution in [-0.2, 0) is 0 Å². The zero-order valence-corrected chi connectivity index (χ0v) is 13.7. The standard InChI is InChI=1S/C19H21NO2.ClH/c21-18-12-17(20-13-18)14-22-19-9-5-4-8-16(19)11-10-15-6-2-1-3-7-15;/h1-11,17-18,20-21H,12-14H2;1H/t17?,18-;/m1./s1. The van der Waals surface area contributed by atoms with E-state index >= 15 is 0 Å². The van der Waals surface area contributed by atoms with Gasteiger partial charge in [0.05, 0.1) is 6.10 Å². The first-order valence-electron chi connectivity index (χ1n) is 7.67. The molecule has 23 heavy (non-hydrogen) atoms. The Morgan fingerprint density at radius 1 is 1.04 bits per heavy atom. The normalized spacial score (nSPS) is 20.4. The first-order valence-corrected chi connectivity index (χ1v) is 7.67. The molecule has 2 N–H and O–H groups in total. The lowest BCUT2D eigenvalue weighted by Crippen LogP contribution is -2.28. The Morgan fingerprint density at radius 3 is 2.52 bits per heavy atom. The van der Waals surface area contributed by atoms with Crippen LogP contribution in [-0.4, -0.2) is 30.4 Å². The van der Waals surface area contributed by atoms with E-state index in [1.807, 2.05) is 42.5 Å². The molecule has 2 aromatic rings. The molecule has 1 aliphatic heterocycles. The van der Waals surface area contributed by atoms with Gasteiger partial charge in [-0.3, -0.25) is 0 Å². The van der Waals surface area contributed by atoms with Crippen LogP contribution in [0.1, 0.15) is 17.5 Å². The molecule has 0 aliphatic carbocycles. The molecule has 0 saturated carbocycles.